The predicted molar refractivity (Wildman–Crippen MR) is 189 cm³/mol. The van der Waals surface area contributed by atoms with E-state index in [-0.39, 0.29) is 72.0 Å². The number of thiophene rings is 1. The number of methoxy groups -OCH3 is 1. The zero-order valence-electron chi connectivity index (χ0n) is 26.9. The molecule has 0 bridgehead atoms. The van der Waals surface area contributed by atoms with Gasteiger partial charge in [-0.3, -0.25) is 9.69 Å². The first kappa shape index (κ1) is 34.0. The Labute approximate surface area is 296 Å². The third-order valence-corrected chi connectivity index (χ3v) is 12.2. The van der Waals surface area contributed by atoms with E-state index in [1.165, 1.54) is 32.1 Å². The second-order valence-corrected chi connectivity index (χ2v) is 14.9. The highest BCUT2D eigenvalue weighted by molar-refractivity contribution is 7.23. The second kappa shape index (κ2) is 13.3. The van der Waals surface area contributed by atoms with Crippen molar-refractivity contribution in [3.8, 4) is 17.2 Å². The first-order valence-electron chi connectivity index (χ1n) is 16.3. The van der Waals surface area contributed by atoms with Crippen molar-refractivity contribution in [1.82, 2.24) is 9.80 Å². The van der Waals surface area contributed by atoms with Crippen LogP contribution in [0.1, 0.15) is 36.8 Å². The highest BCUT2D eigenvalue weighted by atomic mass is 35.5. The van der Waals surface area contributed by atoms with E-state index in [0.717, 1.165) is 30.7 Å². The molecule has 1 amide bonds. The van der Waals surface area contributed by atoms with Gasteiger partial charge in [0, 0.05) is 43.2 Å². The van der Waals surface area contributed by atoms with E-state index in [1.54, 1.807) is 4.90 Å². The van der Waals surface area contributed by atoms with Crippen LogP contribution in [0.15, 0.2) is 29.4 Å². The minimum atomic E-state index is -0.712. The molecule has 4 atom stereocenters. The fraction of sp³-hybridized carbons (Fsp3) is 0.457. The van der Waals surface area contributed by atoms with Crippen molar-refractivity contribution in [2.24, 2.45) is 16.8 Å². The molecular formula is C35H35Cl2F3N6O2S. The summed E-state index contributed by atoms with van der Waals surface area (Å²) in [5.41, 5.74) is 8.11. The van der Waals surface area contributed by atoms with E-state index in [1.807, 2.05) is 11.0 Å². The lowest BCUT2D eigenvalue weighted by atomic mass is 9.80. The maximum atomic E-state index is 16.5. The number of nitrogen functional groups attached to an aromatic ring is 1. The van der Waals surface area contributed by atoms with Crippen LogP contribution in [0.4, 0.5) is 29.5 Å². The number of anilines is 2. The summed E-state index contributed by atoms with van der Waals surface area (Å²) in [6.07, 6.45) is 4.11. The van der Waals surface area contributed by atoms with Crippen LogP contribution in [0, 0.1) is 34.8 Å². The molecule has 3 aromatic rings. The summed E-state index contributed by atoms with van der Waals surface area (Å²) < 4.78 is 49.6. The van der Waals surface area contributed by atoms with E-state index < -0.39 is 17.8 Å². The average molecular weight is 732 g/mol. The lowest BCUT2D eigenvalue weighted by Gasteiger charge is -2.42. The standard InChI is InChI=1S/C28H23Cl2F2N5O2S.C7H12FN/c1-12-28(39-2)35-24-23(32)21(15-3-4-18(31)26-20(15)17(9-33)27(34)40-26)22(30)16-7-14(11-37(12)25(16)24)13-5-6-36(10-13)19(38)8-29;8-6-4-7-2-1-3-9(7)5-6/h3-4,13-14H,1,5-8,10-11,34H2,2H3;6-7H,1-5H2. The number of hydrogen-bond donors (Lipinski definition) is 1. The highest BCUT2D eigenvalue weighted by Gasteiger charge is 2.42. The van der Waals surface area contributed by atoms with Crippen LogP contribution in [-0.4, -0.2) is 79.5 Å². The highest BCUT2D eigenvalue weighted by Crippen LogP contribution is 2.54. The zero-order chi connectivity index (χ0) is 34.7. The molecular weight excluding hydrogens is 696 g/mol. The van der Waals surface area contributed by atoms with Crippen LogP contribution in [0.5, 0.6) is 0 Å². The number of nitrogens with two attached hydrogens (primary N) is 1. The van der Waals surface area contributed by atoms with Crippen LogP contribution in [0.2, 0.25) is 5.02 Å². The summed E-state index contributed by atoms with van der Waals surface area (Å²) in [4.78, 5) is 22.7. The molecule has 0 radical (unpaired) electrons. The Hall–Kier alpha value is -3.50. The van der Waals surface area contributed by atoms with Crippen LogP contribution < -0.4 is 10.6 Å². The van der Waals surface area contributed by atoms with Crippen molar-refractivity contribution >= 4 is 72.8 Å². The SMILES string of the molecule is C=C1C(OC)=Nc2c(F)c(-c3ccc(F)c4sc(N)c(C#N)c34)c(Cl)c3c2N1CC(C1CCN(C(=O)CCl)C1)C3.FC1CC2CCCN2C1. The summed E-state index contributed by atoms with van der Waals surface area (Å²) >= 11 is 13.8. The fourth-order valence-electron chi connectivity index (χ4n) is 8.21. The molecule has 8 nitrogen and oxygen atoms in total. The van der Waals surface area contributed by atoms with Gasteiger partial charge in [0.05, 0.1) is 33.8 Å². The molecule has 2 aromatic carbocycles. The number of carbonyl (C=O) groups excluding carboxylic acids is 1. The van der Waals surface area contributed by atoms with Gasteiger partial charge < -0.3 is 20.3 Å². The molecule has 49 heavy (non-hydrogen) atoms. The number of nitriles is 1. The Balaban J connectivity index is 0.000000361. The van der Waals surface area contributed by atoms with Crippen LogP contribution >= 0.6 is 34.5 Å². The van der Waals surface area contributed by atoms with Gasteiger partial charge in [0.1, 0.15) is 34.6 Å². The number of amides is 1. The van der Waals surface area contributed by atoms with Crippen LogP contribution in [-0.2, 0) is 16.0 Å². The third kappa shape index (κ3) is 5.72. The summed E-state index contributed by atoms with van der Waals surface area (Å²) in [6.45, 7) is 7.71. The Bertz CT molecular complexity index is 1930. The Morgan fingerprint density at radius 3 is 2.73 bits per heavy atom. The first-order chi connectivity index (χ1) is 23.6. The maximum absolute atomic E-state index is 16.5. The van der Waals surface area contributed by atoms with Crippen molar-refractivity contribution < 1.29 is 22.7 Å². The molecule has 3 fully saturated rings. The maximum Gasteiger partial charge on any atom is 0.237 e. The largest absolute Gasteiger partial charge is 0.480 e. The summed E-state index contributed by atoms with van der Waals surface area (Å²) in [7, 11) is 1.44. The van der Waals surface area contributed by atoms with Crippen molar-refractivity contribution in [2.45, 2.75) is 44.3 Å². The van der Waals surface area contributed by atoms with Gasteiger partial charge in [-0.05, 0) is 67.7 Å². The molecule has 0 saturated carbocycles. The molecule has 0 spiro atoms. The van der Waals surface area contributed by atoms with Crippen molar-refractivity contribution in [2.75, 3.05) is 56.3 Å². The van der Waals surface area contributed by atoms with Gasteiger partial charge in [0.15, 0.2) is 5.82 Å². The monoisotopic (exact) mass is 730 g/mol. The molecule has 6 heterocycles. The van der Waals surface area contributed by atoms with Crippen molar-refractivity contribution in [3.05, 3.63) is 52.2 Å². The predicted octanol–water partition coefficient (Wildman–Crippen LogP) is 7.42. The lowest BCUT2D eigenvalue weighted by Crippen LogP contribution is -2.42. The van der Waals surface area contributed by atoms with Crippen molar-refractivity contribution in [3.63, 3.8) is 0 Å². The van der Waals surface area contributed by atoms with E-state index >= 15 is 4.39 Å². The van der Waals surface area contributed by atoms with Crippen LogP contribution in [0.25, 0.3) is 21.2 Å². The lowest BCUT2D eigenvalue weighted by molar-refractivity contribution is -0.127. The number of carbonyl (C=O) groups is 1. The van der Waals surface area contributed by atoms with Crippen LogP contribution in [0.3, 0.4) is 0 Å². The summed E-state index contributed by atoms with van der Waals surface area (Å²) in [5.74, 6) is -1.08. The zero-order valence-corrected chi connectivity index (χ0v) is 29.2. The van der Waals surface area contributed by atoms with E-state index in [4.69, 9.17) is 33.7 Å². The number of ether oxygens (including phenoxy) is 1. The molecule has 0 aliphatic carbocycles. The quantitative estimate of drug-likeness (QED) is 0.282. The normalized spacial score (nSPS) is 24.3. The average Bonchev–Trinajstić information content (AvgIpc) is 3.89. The molecule has 3 saturated heterocycles. The van der Waals surface area contributed by atoms with Gasteiger partial charge in [0.25, 0.3) is 0 Å². The topological polar surface area (TPSA) is 98.2 Å². The van der Waals surface area contributed by atoms with Crippen molar-refractivity contribution in [1.29, 1.82) is 5.26 Å². The minimum Gasteiger partial charge on any atom is -0.480 e. The van der Waals surface area contributed by atoms with Gasteiger partial charge in [-0.2, -0.15) is 5.26 Å². The Morgan fingerprint density at radius 1 is 1.22 bits per heavy atom. The first-order valence-corrected chi connectivity index (χ1v) is 18.0. The fourth-order valence-corrected chi connectivity index (χ4v) is 9.68. The summed E-state index contributed by atoms with van der Waals surface area (Å²) in [5, 5.41) is 10.3. The van der Waals surface area contributed by atoms with Gasteiger partial charge in [0.2, 0.25) is 11.8 Å². The second-order valence-electron chi connectivity index (χ2n) is 13.2. The number of alkyl halides is 2. The smallest absolute Gasteiger partial charge is 0.237 e. The molecule has 1 aromatic heterocycles. The van der Waals surface area contributed by atoms with Gasteiger partial charge >= 0.3 is 0 Å². The molecule has 258 valence electrons. The third-order valence-electron chi connectivity index (χ3n) is 10.6. The van der Waals surface area contributed by atoms with E-state index in [2.05, 4.69) is 16.5 Å². The number of rotatable bonds is 3. The minimum absolute atomic E-state index is 0.0207. The van der Waals surface area contributed by atoms with E-state index in [9.17, 15) is 18.8 Å². The molecule has 5 aliphatic rings. The summed E-state index contributed by atoms with van der Waals surface area (Å²) in [6, 6.07) is 5.28. The Kier molecular flexibility index (Phi) is 9.24. The molecule has 14 heteroatoms. The molecule has 2 N–H and O–H groups in total. The molecule has 8 rings (SSSR count). The number of fused-ring (bicyclic) bond motifs is 2. The van der Waals surface area contributed by atoms with Gasteiger partial charge in [-0.1, -0.05) is 24.2 Å². The number of likely N-dealkylation sites (tertiary alicyclic amines) is 1. The van der Waals surface area contributed by atoms with Gasteiger partial charge in [-0.15, -0.1) is 22.9 Å². The van der Waals surface area contributed by atoms with Gasteiger partial charge in [-0.25, -0.2) is 18.2 Å². The number of hydrogen-bond acceptors (Lipinski definition) is 8. The number of nitrogens with zero attached hydrogens (tertiary/aromatic N) is 5. The number of benzene rings is 2. The molecule has 4 unspecified atom stereocenters. The van der Waals surface area contributed by atoms with E-state index in [0.29, 0.717) is 55.6 Å². The molecule has 5 aliphatic heterocycles. The Morgan fingerprint density at radius 2 is 2.02 bits per heavy atom. The number of aliphatic imine (C=N–C) groups is 1. The number of halogens is 5.